The minimum atomic E-state index is -0.370. The van der Waals surface area contributed by atoms with Crippen LogP contribution in [0, 0.1) is 0 Å². The molecule has 1 aromatic heterocycles. The van der Waals surface area contributed by atoms with Crippen molar-refractivity contribution in [2.24, 2.45) is 0 Å². The highest BCUT2D eigenvalue weighted by Crippen LogP contribution is 2.30. The third-order valence-electron chi connectivity index (χ3n) is 3.29. The maximum absolute atomic E-state index is 11.9. The van der Waals surface area contributed by atoms with E-state index in [0.717, 1.165) is 10.9 Å². The fourth-order valence-corrected chi connectivity index (χ4v) is 2.22. The Morgan fingerprint density at radius 2 is 2.16 bits per heavy atom. The predicted octanol–water partition coefficient (Wildman–Crippen LogP) is 4.00. The van der Waals surface area contributed by atoms with E-state index in [9.17, 15) is 4.79 Å². The van der Waals surface area contributed by atoms with E-state index < -0.39 is 0 Å². The molecule has 2 rings (SSSR count). The highest BCUT2D eigenvalue weighted by Gasteiger charge is 2.23. The van der Waals surface area contributed by atoms with Crippen LogP contribution in [0.2, 0.25) is 5.02 Å². The Morgan fingerprint density at radius 3 is 2.74 bits per heavy atom. The minimum Gasteiger partial charge on any atom is -0.465 e. The number of hydrogen-bond acceptors (Lipinski definition) is 2. The van der Waals surface area contributed by atoms with Gasteiger partial charge in [0.1, 0.15) is 0 Å². The van der Waals surface area contributed by atoms with Crippen molar-refractivity contribution in [3.05, 3.63) is 47.6 Å². The van der Waals surface area contributed by atoms with Crippen molar-refractivity contribution in [2.75, 3.05) is 7.11 Å². The van der Waals surface area contributed by atoms with Gasteiger partial charge in [-0.15, -0.1) is 6.58 Å². The number of halogens is 1. The third kappa shape index (κ3) is 2.26. The van der Waals surface area contributed by atoms with Crippen molar-refractivity contribution in [1.82, 2.24) is 4.57 Å². The molecule has 1 aromatic carbocycles. The van der Waals surface area contributed by atoms with Crippen LogP contribution in [-0.2, 0) is 10.3 Å². The molecule has 0 atom stereocenters. The Bertz CT molecular complexity index is 655. The van der Waals surface area contributed by atoms with E-state index in [0.29, 0.717) is 10.6 Å². The van der Waals surface area contributed by atoms with Gasteiger partial charge in [-0.25, -0.2) is 4.79 Å². The van der Waals surface area contributed by atoms with Crippen molar-refractivity contribution in [1.29, 1.82) is 0 Å². The summed E-state index contributed by atoms with van der Waals surface area (Å²) >= 11 is 6.01. The van der Waals surface area contributed by atoms with Crippen molar-refractivity contribution in [2.45, 2.75) is 19.4 Å². The first kappa shape index (κ1) is 13.7. The molecule has 0 aliphatic rings. The topological polar surface area (TPSA) is 31.2 Å². The van der Waals surface area contributed by atoms with Crippen LogP contribution in [0.15, 0.2) is 37.1 Å². The Hall–Kier alpha value is -1.74. The number of aromatic nitrogens is 1. The molecule has 0 aliphatic heterocycles. The van der Waals surface area contributed by atoms with E-state index in [4.69, 9.17) is 16.3 Å². The van der Waals surface area contributed by atoms with Gasteiger partial charge in [-0.2, -0.15) is 0 Å². The molecule has 1 heterocycles. The van der Waals surface area contributed by atoms with Gasteiger partial charge >= 0.3 is 5.97 Å². The molecule has 19 heavy (non-hydrogen) atoms. The molecular formula is C15H16ClNO2. The first-order chi connectivity index (χ1) is 8.90. The Balaban J connectivity index is 2.81. The van der Waals surface area contributed by atoms with E-state index in [1.807, 2.05) is 30.6 Å². The summed E-state index contributed by atoms with van der Waals surface area (Å²) in [5.41, 5.74) is 1.13. The lowest BCUT2D eigenvalue weighted by molar-refractivity contribution is 0.0602. The number of carbonyl (C=O) groups is 1. The maximum atomic E-state index is 11.9. The monoisotopic (exact) mass is 277 g/mol. The van der Waals surface area contributed by atoms with Crippen molar-refractivity contribution >= 4 is 28.5 Å². The summed E-state index contributed by atoms with van der Waals surface area (Å²) in [5, 5.41) is 1.38. The van der Waals surface area contributed by atoms with E-state index in [2.05, 4.69) is 6.58 Å². The first-order valence-corrected chi connectivity index (χ1v) is 6.31. The average Bonchev–Trinajstić information content (AvgIpc) is 2.77. The van der Waals surface area contributed by atoms with Crippen LogP contribution in [0.4, 0.5) is 0 Å². The lowest BCUT2D eigenvalue weighted by Gasteiger charge is -2.23. The summed E-state index contributed by atoms with van der Waals surface area (Å²) in [5.74, 6) is -0.370. The average molecular weight is 278 g/mol. The number of carbonyl (C=O) groups excluding carboxylic acids is 1. The smallest absolute Gasteiger partial charge is 0.340 e. The molecule has 0 bridgehead atoms. The third-order valence-corrected chi connectivity index (χ3v) is 3.53. The Morgan fingerprint density at radius 1 is 1.47 bits per heavy atom. The number of fused-ring (bicyclic) bond motifs is 1. The second-order valence-corrected chi connectivity index (χ2v) is 5.36. The fraction of sp³-hybridized carbons (Fsp3) is 0.267. The molecule has 100 valence electrons. The highest BCUT2D eigenvalue weighted by atomic mass is 35.5. The van der Waals surface area contributed by atoms with Crippen LogP contribution < -0.4 is 0 Å². The van der Waals surface area contributed by atoms with Crippen LogP contribution in [0.25, 0.3) is 10.9 Å². The van der Waals surface area contributed by atoms with Gasteiger partial charge in [0.15, 0.2) is 0 Å². The summed E-state index contributed by atoms with van der Waals surface area (Å²) in [6.45, 7) is 7.89. The fourth-order valence-electron chi connectivity index (χ4n) is 2.05. The quantitative estimate of drug-likeness (QED) is 0.627. The lowest BCUT2D eigenvalue weighted by Crippen LogP contribution is -2.22. The highest BCUT2D eigenvalue weighted by molar-refractivity contribution is 6.31. The maximum Gasteiger partial charge on any atom is 0.340 e. The first-order valence-electron chi connectivity index (χ1n) is 5.93. The van der Waals surface area contributed by atoms with Crippen LogP contribution in [0.5, 0.6) is 0 Å². The van der Waals surface area contributed by atoms with Gasteiger partial charge in [0.25, 0.3) is 0 Å². The molecular weight excluding hydrogens is 262 g/mol. The zero-order valence-electron chi connectivity index (χ0n) is 11.2. The minimum absolute atomic E-state index is 0.307. The molecule has 0 unspecified atom stereocenters. The molecule has 4 heteroatoms. The Kier molecular flexibility index (Phi) is 3.42. The molecule has 2 aromatic rings. The second kappa shape index (κ2) is 4.74. The Labute approximate surface area is 117 Å². The largest absolute Gasteiger partial charge is 0.465 e. The lowest BCUT2D eigenvalue weighted by atomic mass is 10.1. The zero-order valence-corrected chi connectivity index (χ0v) is 12.0. The van der Waals surface area contributed by atoms with Crippen molar-refractivity contribution < 1.29 is 9.53 Å². The number of methoxy groups -OCH3 is 1. The van der Waals surface area contributed by atoms with Crippen LogP contribution >= 0.6 is 11.6 Å². The van der Waals surface area contributed by atoms with Gasteiger partial charge in [0, 0.05) is 22.1 Å². The van der Waals surface area contributed by atoms with Gasteiger partial charge in [-0.1, -0.05) is 17.7 Å². The summed E-state index contributed by atoms with van der Waals surface area (Å²) in [6.07, 6.45) is 3.62. The number of rotatable bonds is 3. The molecule has 0 N–H and O–H groups in total. The molecule has 0 fully saturated rings. The number of hydrogen-bond donors (Lipinski definition) is 0. The molecule has 0 saturated carbocycles. The van der Waals surface area contributed by atoms with Gasteiger partial charge in [-0.05, 0) is 32.0 Å². The number of esters is 1. The van der Waals surface area contributed by atoms with Crippen LogP contribution in [-0.4, -0.2) is 17.6 Å². The summed E-state index contributed by atoms with van der Waals surface area (Å²) in [4.78, 5) is 11.9. The van der Waals surface area contributed by atoms with E-state index >= 15 is 0 Å². The summed E-state index contributed by atoms with van der Waals surface area (Å²) in [6, 6.07) is 5.48. The molecule has 0 saturated heterocycles. The molecule has 0 radical (unpaired) electrons. The predicted molar refractivity (Wildman–Crippen MR) is 77.8 cm³/mol. The molecule has 0 spiro atoms. The SMILES string of the molecule is C=CC(C)(C)n1cc(C(=O)OC)c2cc(Cl)ccc21. The molecule has 0 amide bonds. The number of nitrogens with zero attached hydrogens (tertiary/aromatic N) is 1. The van der Waals surface area contributed by atoms with E-state index in [1.165, 1.54) is 7.11 Å². The van der Waals surface area contributed by atoms with E-state index in [-0.39, 0.29) is 11.5 Å². The van der Waals surface area contributed by atoms with Gasteiger partial charge in [0.2, 0.25) is 0 Å². The summed E-state index contributed by atoms with van der Waals surface area (Å²) < 4.78 is 6.82. The standard InChI is InChI=1S/C15H16ClNO2/c1-5-15(2,3)17-9-12(14(18)19-4)11-8-10(16)6-7-13(11)17/h5-9H,1H2,2-4H3. The number of allylic oxidation sites excluding steroid dienone is 1. The second-order valence-electron chi connectivity index (χ2n) is 4.92. The molecule has 0 aliphatic carbocycles. The van der Waals surface area contributed by atoms with Crippen LogP contribution in [0.1, 0.15) is 24.2 Å². The normalized spacial score (nSPS) is 11.6. The zero-order chi connectivity index (χ0) is 14.2. The van der Waals surface area contributed by atoms with Gasteiger partial charge in [0.05, 0.1) is 18.2 Å². The van der Waals surface area contributed by atoms with Crippen molar-refractivity contribution in [3.63, 3.8) is 0 Å². The van der Waals surface area contributed by atoms with Gasteiger partial charge in [-0.3, -0.25) is 0 Å². The number of ether oxygens (including phenoxy) is 1. The number of benzene rings is 1. The van der Waals surface area contributed by atoms with E-state index in [1.54, 1.807) is 18.3 Å². The summed E-state index contributed by atoms with van der Waals surface area (Å²) in [7, 11) is 1.37. The van der Waals surface area contributed by atoms with Gasteiger partial charge < -0.3 is 9.30 Å². The van der Waals surface area contributed by atoms with Crippen LogP contribution in [0.3, 0.4) is 0 Å². The molecule has 3 nitrogen and oxygen atoms in total. The van der Waals surface area contributed by atoms with Crippen molar-refractivity contribution in [3.8, 4) is 0 Å².